The van der Waals surface area contributed by atoms with Gasteiger partial charge in [0.2, 0.25) is 0 Å². The first-order valence-corrected chi connectivity index (χ1v) is 8.11. The van der Waals surface area contributed by atoms with Gasteiger partial charge in [-0.15, -0.1) is 0 Å². The maximum atomic E-state index is 12.6. The molecule has 0 bridgehead atoms. The van der Waals surface area contributed by atoms with E-state index < -0.39 is 0 Å². The first kappa shape index (κ1) is 16.0. The van der Waals surface area contributed by atoms with Crippen LogP contribution >= 0.6 is 0 Å². The first-order chi connectivity index (χ1) is 11.2. The second-order valence-electron chi connectivity index (χ2n) is 6.42. The largest absolute Gasteiger partial charge is 0.451 e. The Labute approximate surface area is 136 Å². The summed E-state index contributed by atoms with van der Waals surface area (Å²) in [5.74, 6) is 0.264. The van der Waals surface area contributed by atoms with Gasteiger partial charge in [0.1, 0.15) is 5.58 Å². The van der Waals surface area contributed by atoms with Crippen LogP contribution in [0.25, 0.3) is 11.0 Å². The number of aryl methyl sites for hydroxylation is 1. The van der Waals surface area contributed by atoms with E-state index in [2.05, 4.69) is 10.6 Å². The Hall–Kier alpha value is -1.85. The first-order valence-electron chi connectivity index (χ1n) is 8.11. The van der Waals surface area contributed by atoms with Gasteiger partial charge >= 0.3 is 0 Å². The molecular formula is C18H24N2O3. The van der Waals surface area contributed by atoms with Crippen LogP contribution in [0.2, 0.25) is 0 Å². The molecule has 0 aliphatic carbocycles. The quantitative estimate of drug-likeness (QED) is 0.889. The van der Waals surface area contributed by atoms with Crippen LogP contribution in [0.3, 0.4) is 0 Å². The molecule has 2 heterocycles. The number of methoxy groups -OCH3 is 1. The molecule has 0 unspecified atom stereocenters. The number of furan rings is 1. The SMILES string of the molecule is COCC1(CNC(=O)c2oc3ccccc3c2C)CCNCC1. The zero-order valence-corrected chi connectivity index (χ0v) is 13.8. The molecule has 2 N–H and O–H groups in total. The van der Waals surface area contributed by atoms with Gasteiger partial charge in [-0.2, -0.15) is 0 Å². The van der Waals surface area contributed by atoms with Crippen molar-refractivity contribution >= 4 is 16.9 Å². The van der Waals surface area contributed by atoms with E-state index in [1.807, 2.05) is 31.2 Å². The summed E-state index contributed by atoms with van der Waals surface area (Å²) in [7, 11) is 1.72. The van der Waals surface area contributed by atoms with Gasteiger partial charge in [-0.3, -0.25) is 4.79 Å². The summed E-state index contributed by atoms with van der Waals surface area (Å²) in [4.78, 5) is 12.6. The Morgan fingerprint density at radius 2 is 2.09 bits per heavy atom. The monoisotopic (exact) mass is 316 g/mol. The van der Waals surface area contributed by atoms with Gasteiger partial charge in [0.15, 0.2) is 5.76 Å². The van der Waals surface area contributed by atoms with Gasteiger partial charge in [0, 0.05) is 30.0 Å². The molecular weight excluding hydrogens is 292 g/mol. The van der Waals surface area contributed by atoms with Crippen LogP contribution in [0.4, 0.5) is 0 Å². The fourth-order valence-corrected chi connectivity index (χ4v) is 3.37. The Kier molecular flexibility index (Phi) is 4.68. The van der Waals surface area contributed by atoms with Crippen LogP contribution in [-0.2, 0) is 4.74 Å². The number of piperidine rings is 1. The molecule has 5 heteroatoms. The highest BCUT2D eigenvalue weighted by atomic mass is 16.5. The molecule has 5 nitrogen and oxygen atoms in total. The Balaban J connectivity index is 1.73. The van der Waals surface area contributed by atoms with E-state index in [-0.39, 0.29) is 11.3 Å². The summed E-state index contributed by atoms with van der Waals surface area (Å²) >= 11 is 0. The smallest absolute Gasteiger partial charge is 0.287 e. The van der Waals surface area contributed by atoms with Crippen LogP contribution in [0, 0.1) is 12.3 Å². The predicted molar refractivity (Wildman–Crippen MR) is 89.7 cm³/mol. The lowest BCUT2D eigenvalue weighted by Gasteiger charge is -2.37. The molecule has 1 aromatic carbocycles. The second-order valence-corrected chi connectivity index (χ2v) is 6.42. The summed E-state index contributed by atoms with van der Waals surface area (Å²) in [6.07, 6.45) is 2.00. The minimum atomic E-state index is -0.146. The van der Waals surface area contributed by atoms with E-state index in [4.69, 9.17) is 9.15 Å². The average molecular weight is 316 g/mol. The van der Waals surface area contributed by atoms with Crippen LogP contribution < -0.4 is 10.6 Å². The molecule has 124 valence electrons. The summed E-state index contributed by atoms with van der Waals surface area (Å²) < 4.78 is 11.1. The van der Waals surface area contributed by atoms with Crippen molar-refractivity contribution in [2.45, 2.75) is 19.8 Å². The minimum absolute atomic E-state index is 0.00950. The Morgan fingerprint density at radius 1 is 1.35 bits per heavy atom. The summed E-state index contributed by atoms with van der Waals surface area (Å²) in [6, 6.07) is 7.73. The molecule has 0 radical (unpaired) electrons. The molecule has 0 atom stereocenters. The normalized spacial score (nSPS) is 17.3. The topological polar surface area (TPSA) is 63.5 Å². The van der Waals surface area contributed by atoms with Crippen molar-refractivity contribution in [3.05, 3.63) is 35.6 Å². The van der Waals surface area contributed by atoms with Gasteiger partial charge in [-0.25, -0.2) is 0 Å². The van der Waals surface area contributed by atoms with Crippen LogP contribution in [0.15, 0.2) is 28.7 Å². The van der Waals surface area contributed by atoms with Gasteiger partial charge in [0.05, 0.1) is 6.61 Å². The van der Waals surface area contributed by atoms with Crippen molar-refractivity contribution < 1.29 is 13.9 Å². The number of fused-ring (bicyclic) bond motifs is 1. The lowest BCUT2D eigenvalue weighted by atomic mass is 9.79. The maximum absolute atomic E-state index is 12.6. The number of carbonyl (C=O) groups excluding carboxylic acids is 1. The van der Waals surface area contributed by atoms with Crippen LogP contribution in [0.5, 0.6) is 0 Å². The average Bonchev–Trinajstić information content (AvgIpc) is 2.91. The van der Waals surface area contributed by atoms with E-state index in [0.29, 0.717) is 18.9 Å². The molecule has 2 aromatic rings. The van der Waals surface area contributed by atoms with E-state index >= 15 is 0 Å². The summed E-state index contributed by atoms with van der Waals surface area (Å²) in [5, 5.41) is 7.40. The van der Waals surface area contributed by atoms with Crippen molar-refractivity contribution in [1.29, 1.82) is 0 Å². The van der Waals surface area contributed by atoms with Crippen molar-refractivity contribution in [2.75, 3.05) is 33.4 Å². The van der Waals surface area contributed by atoms with Crippen molar-refractivity contribution in [2.24, 2.45) is 5.41 Å². The fourth-order valence-electron chi connectivity index (χ4n) is 3.37. The molecule has 1 aromatic heterocycles. The van der Waals surface area contributed by atoms with Gasteiger partial charge < -0.3 is 19.8 Å². The van der Waals surface area contributed by atoms with Gasteiger partial charge in [-0.05, 0) is 38.9 Å². The van der Waals surface area contributed by atoms with Crippen molar-refractivity contribution in [3.63, 3.8) is 0 Å². The fraction of sp³-hybridized carbons (Fsp3) is 0.500. The number of rotatable bonds is 5. The Bertz CT molecular complexity index is 681. The molecule has 0 saturated carbocycles. The molecule has 0 spiro atoms. The van der Waals surface area contributed by atoms with E-state index in [0.717, 1.165) is 42.5 Å². The molecule has 1 saturated heterocycles. The highest BCUT2D eigenvalue weighted by Gasteiger charge is 2.33. The van der Waals surface area contributed by atoms with Crippen LogP contribution in [-0.4, -0.2) is 39.3 Å². The lowest BCUT2D eigenvalue weighted by molar-refractivity contribution is 0.0506. The predicted octanol–water partition coefficient (Wildman–Crippen LogP) is 2.49. The van der Waals surface area contributed by atoms with Crippen LogP contribution in [0.1, 0.15) is 29.0 Å². The molecule has 23 heavy (non-hydrogen) atoms. The molecule has 1 amide bonds. The minimum Gasteiger partial charge on any atom is -0.451 e. The number of ether oxygens (including phenoxy) is 1. The maximum Gasteiger partial charge on any atom is 0.287 e. The third kappa shape index (κ3) is 3.26. The number of carbonyl (C=O) groups is 1. The Morgan fingerprint density at radius 3 is 2.78 bits per heavy atom. The highest BCUT2D eigenvalue weighted by molar-refractivity contribution is 5.98. The molecule has 1 aliphatic heterocycles. The zero-order chi connectivity index (χ0) is 16.3. The highest BCUT2D eigenvalue weighted by Crippen LogP contribution is 2.29. The third-order valence-corrected chi connectivity index (χ3v) is 4.79. The number of hydrogen-bond acceptors (Lipinski definition) is 4. The molecule has 3 rings (SSSR count). The summed E-state index contributed by atoms with van der Waals surface area (Å²) in [6.45, 7) is 5.12. The number of nitrogens with one attached hydrogen (secondary N) is 2. The molecule has 1 aliphatic rings. The standard InChI is InChI=1S/C18H24N2O3/c1-13-14-5-3-4-6-15(14)23-16(13)17(21)20-11-18(12-22-2)7-9-19-10-8-18/h3-6,19H,7-12H2,1-2H3,(H,20,21). The van der Waals surface area contributed by atoms with E-state index in [9.17, 15) is 4.79 Å². The number of amides is 1. The second kappa shape index (κ2) is 6.72. The third-order valence-electron chi connectivity index (χ3n) is 4.79. The van der Waals surface area contributed by atoms with Crippen molar-refractivity contribution in [1.82, 2.24) is 10.6 Å². The number of para-hydroxylation sites is 1. The van der Waals surface area contributed by atoms with Gasteiger partial charge in [0.25, 0.3) is 5.91 Å². The molecule has 1 fully saturated rings. The zero-order valence-electron chi connectivity index (χ0n) is 13.8. The summed E-state index contributed by atoms with van der Waals surface area (Å²) in [5.41, 5.74) is 1.66. The van der Waals surface area contributed by atoms with Gasteiger partial charge in [-0.1, -0.05) is 18.2 Å². The number of benzene rings is 1. The van der Waals surface area contributed by atoms with E-state index in [1.54, 1.807) is 7.11 Å². The lowest BCUT2D eigenvalue weighted by Crippen LogP contribution is -2.47. The number of hydrogen-bond donors (Lipinski definition) is 2. The van der Waals surface area contributed by atoms with E-state index in [1.165, 1.54) is 0 Å². The van der Waals surface area contributed by atoms with Crippen molar-refractivity contribution in [3.8, 4) is 0 Å².